The number of nitrogens with one attached hydrogen (secondary N) is 1. The molecule has 2 N–H and O–H groups in total. The summed E-state index contributed by atoms with van der Waals surface area (Å²) in [6.45, 7) is 0. The molecule has 1 aliphatic carbocycles. The highest BCUT2D eigenvalue weighted by molar-refractivity contribution is 5.77. The lowest BCUT2D eigenvalue weighted by Crippen LogP contribution is -2.34. The van der Waals surface area contributed by atoms with Crippen molar-refractivity contribution in [3.63, 3.8) is 0 Å². The van der Waals surface area contributed by atoms with Crippen molar-refractivity contribution in [1.29, 1.82) is 0 Å². The minimum absolute atomic E-state index is 0.103. The summed E-state index contributed by atoms with van der Waals surface area (Å²) in [5.74, 6) is 0.632. The largest absolute Gasteiger partial charge is 0.390 e. The zero-order valence-corrected chi connectivity index (χ0v) is 14.2. The molecule has 6 nitrogen and oxygen atoms in total. The Morgan fingerprint density at radius 3 is 2.77 bits per heavy atom. The molecule has 0 bridgehead atoms. The molecule has 1 amide bonds. The zero-order valence-electron chi connectivity index (χ0n) is 14.2. The van der Waals surface area contributed by atoms with E-state index in [0.717, 1.165) is 22.6 Å². The molecule has 132 valence electrons. The summed E-state index contributed by atoms with van der Waals surface area (Å²) in [5, 5.41) is 21.3. The number of rotatable bonds is 5. The van der Waals surface area contributed by atoms with Crippen LogP contribution in [0.3, 0.4) is 0 Å². The van der Waals surface area contributed by atoms with Gasteiger partial charge in [0.05, 0.1) is 12.1 Å². The van der Waals surface area contributed by atoms with Crippen LogP contribution in [0, 0.1) is 0 Å². The molecule has 0 radical (unpaired) electrons. The molecule has 0 aliphatic heterocycles. The van der Waals surface area contributed by atoms with Crippen LogP contribution >= 0.6 is 0 Å². The first kappa shape index (κ1) is 16.5. The van der Waals surface area contributed by atoms with Gasteiger partial charge >= 0.3 is 0 Å². The summed E-state index contributed by atoms with van der Waals surface area (Å²) in [4.78, 5) is 12.4. The number of aliphatic hydroxyl groups is 1. The number of carbonyl (C=O) groups is 1. The summed E-state index contributed by atoms with van der Waals surface area (Å²) in [7, 11) is 0. The van der Waals surface area contributed by atoms with Gasteiger partial charge in [-0.2, -0.15) is 0 Å². The van der Waals surface area contributed by atoms with Gasteiger partial charge in [0, 0.05) is 24.9 Å². The molecular weight excluding hydrogens is 328 g/mol. The van der Waals surface area contributed by atoms with Crippen LogP contribution < -0.4 is 5.32 Å². The predicted octanol–water partition coefficient (Wildman–Crippen LogP) is 1.97. The van der Waals surface area contributed by atoms with E-state index in [2.05, 4.69) is 15.5 Å². The Balaban J connectivity index is 1.41. The van der Waals surface area contributed by atoms with Gasteiger partial charge in [0.1, 0.15) is 12.2 Å². The van der Waals surface area contributed by atoms with E-state index in [9.17, 15) is 9.90 Å². The number of nitrogens with zero attached hydrogens (tertiary/aromatic N) is 3. The van der Waals surface area contributed by atoms with Crippen molar-refractivity contribution in [3.8, 4) is 5.69 Å². The molecule has 6 heteroatoms. The second kappa shape index (κ2) is 7.09. The maximum Gasteiger partial charge on any atom is 0.221 e. The number of aromatic nitrogens is 3. The summed E-state index contributed by atoms with van der Waals surface area (Å²) < 4.78 is 1.88. The zero-order chi connectivity index (χ0) is 17.9. The monoisotopic (exact) mass is 348 g/mol. The van der Waals surface area contributed by atoms with Gasteiger partial charge in [0.2, 0.25) is 5.91 Å². The number of benzene rings is 2. The molecule has 3 aromatic rings. The average Bonchev–Trinajstić information content (AvgIpc) is 3.25. The van der Waals surface area contributed by atoms with Crippen molar-refractivity contribution >= 4 is 5.91 Å². The van der Waals surface area contributed by atoms with Crippen molar-refractivity contribution in [2.45, 2.75) is 31.4 Å². The van der Waals surface area contributed by atoms with E-state index in [1.165, 1.54) is 0 Å². The normalized spacial score (nSPS) is 18.5. The van der Waals surface area contributed by atoms with Crippen molar-refractivity contribution < 1.29 is 9.90 Å². The van der Waals surface area contributed by atoms with Crippen LogP contribution in [0.1, 0.15) is 29.4 Å². The molecule has 0 saturated carbocycles. The SMILES string of the molecule is O=C(CCc1nncn1-c1ccccc1)N[C@@H]1c2ccccc2C[C@H]1O. The highest BCUT2D eigenvalue weighted by Crippen LogP contribution is 2.31. The lowest BCUT2D eigenvalue weighted by molar-refractivity contribution is -0.122. The number of aliphatic hydroxyl groups excluding tert-OH is 1. The number of aryl methyl sites for hydroxylation is 1. The molecule has 26 heavy (non-hydrogen) atoms. The molecular formula is C20H20N4O2. The van der Waals surface area contributed by atoms with E-state index in [0.29, 0.717) is 12.8 Å². The van der Waals surface area contributed by atoms with Crippen LogP contribution in [0.25, 0.3) is 5.69 Å². The number of hydrogen-bond donors (Lipinski definition) is 2. The van der Waals surface area contributed by atoms with Crippen LogP contribution in [-0.2, 0) is 17.6 Å². The Morgan fingerprint density at radius 2 is 1.92 bits per heavy atom. The first-order valence-corrected chi connectivity index (χ1v) is 8.72. The second-order valence-electron chi connectivity index (χ2n) is 6.47. The van der Waals surface area contributed by atoms with E-state index in [4.69, 9.17) is 0 Å². The van der Waals surface area contributed by atoms with Crippen molar-refractivity contribution in [1.82, 2.24) is 20.1 Å². The molecule has 4 rings (SSSR count). The maximum absolute atomic E-state index is 12.4. The third-order valence-electron chi connectivity index (χ3n) is 4.75. The first-order valence-electron chi connectivity index (χ1n) is 8.72. The number of carbonyl (C=O) groups excluding carboxylic acids is 1. The number of amides is 1. The van der Waals surface area contributed by atoms with Crippen LogP contribution in [0.4, 0.5) is 0 Å². The lowest BCUT2D eigenvalue weighted by Gasteiger charge is -2.18. The van der Waals surface area contributed by atoms with E-state index < -0.39 is 6.10 Å². The summed E-state index contributed by atoms with van der Waals surface area (Å²) in [5.41, 5.74) is 3.06. The second-order valence-corrected chi connectivity index (χ2v) is 6.47. The molecule has 0 unspecified atom stereocenters. The lowest BCUT2D eigenvalue weighted by atomic mass is 10.1. The van der Waals surface area contributed by atoms with Crippen molar-refractivity contribution in [2.24, 2.45) is 0 Å². The van der Waals surface area contributed by atoms with Crippen LogP contribution in [-0.4, -0.2) is 31.9 Å². The number of para-hydroxylation sites is 1. The standard InChI is InChI=1S/C20H20N4O2/c25-17-12-14-6-4-5-9-16(14)20(17)22-19(26)11-10-18-23-21-13-24(18)15-7-2-1-3-8-15/h1-9,13,17,20,25H,10-12H2,(H,22,26)/t17-,20-/m1/s1. The quantitative estimate of drug-likeness (QED) is 0.739. The molecule has 1 aliphatic rings. The van der Waals surface area contributed by atoms with Gasteiger partial charge < -0.3 is 10.4 Å². The van der Waals surface area contributed by atoms with Crippen LogP contribution in [0.15, 0.2) is 60.9 Å². The molecule has 1 aromatic heterocycles. The Bertz CT molecular complexity index is 907. The van der Waals surface area contributed by atoms with Gasteiger partial charge in [0.25, 0.3) is 0 Å². The Labute approximate surface area is 151 Å². The van der Waals surface area contributed by atoms with Gasteiger partial charge in [-0.1, -0.05) is 42.5 Å². The van der Waals surface area contributed by atoms with Gasteiger partial charge in [-0.15, -0.1) is 10.2 Å². The minimum atomic E-state index is -0.579. The molecule has 2 atom stereocenters. The summed E-state index contributed by atoms with van der Waals surface area (Å²) >= 11 is 0. The fourth-order valence-corrected chi connectivity index (χ4v) is 3.45. The van der Waals surface area contributed by atoms with Crippen LogP contribution in [0.2, 0.25) is 0 Å². The van der Waals surface area contributed by atoms with E-state index in [1.807, 2.05) is 59.2 Å². The highest BCUT2D eigenvalue weighted by Gasteiger charge is 2.31. The molecule has 2 aromatic carbocycles. The molecule has 0 spiro atoms. The number of fused-ring (bicyclic) bond motifs is 1. The van der Waals surface area contributed by atoms with Gasteiger partial charge in [0.15, 0.2) is 0 Å². The third-order valence-corrected chi connectivity index (χ3v) is 4.75. The van der Waals surface area contributed by atoms with Gasteiger partial charge in [-0.3, -0.25) is 9.36 Å². The molecule has 0 fully saturated rings. The molecule has 1 heterocycles. The number of hydrogen-bond acceptors (Lipinski definition) is 4. The smallest absolute Gasteiger partial charge is 0.221 e. The minimum Gasteiger partial charge on any atom is -0.390 e. The average molecular weight is 348 g/mol. The topological polar surface area (TPSA) is 80.0 Å². The Morgan fingerprint density at radius 1 is 1.15 bits per heavy atom. The first-order chi connectivity index (χ1) is 12.7. The predicted molar refractivity (Wildman–Crippen MR) is 96.7 cm³/mol. The van der Waals surface area contributed by atoms with Gasteiger partial charge in [-0.05, 0) is 23.3 Å². The van der Waals surface area contributed by atoms with Gasteiger partial charge in [-0.25, -0.2) is 0 Å². The fourth-order valence-electron chi connectivity index (χ4n) is 3.45. The Hall–Kier alpha value is -2.99. The van der Waals surface area contributed by atoms with E-state index in [1.54, 1.807) is 6.33 Å². The van der Waals surface area contributed by atoms with E-state index in [-0.39, 0.29) is 18.4 Å². The van der Waals surface area contributed by atoms with E-state index >= 15 is 0 Å². The highest BCUT2D eigenvalue weighted by atomic mass is 16.3. The Kier molecular flexibility index (Phi) is 4.50. The van der Waals surface area contributed by atoms with Crippen molar-refractivity contribution in [2.75, 3.05) is 0 Å². The maximum atomic E-state index is 12.4. The third kappa shape index (κ3) is 3.23. The van der Waals surface area contributed by atoms with Crippen LogP contribution in [0.5, 0.6) is 0 Å². The fraction of sp³-hybridized carbons (Fsp3) is 0.250. The summed E-state index contributed by atoms with van der Waals surface area (Å²) in [6.07, 6.45) is 2.41. The molecule has 0 saturated heterocycles. The van der Waals surface area contributed by atoms with Crippen molar-refractivity contribution in [3.05, 3.63) is 77.9 Å². The summed E-state index contributed by atoms with van der Waals surface area (Å²) in [6, 6.07) is 17.3.